The van der Waals surface area contributed by atoms with Crippen LogP contribution in [0, 0.1) is 10.1 Å². The number of anilines is 1. The van der Waals surface area contributed by atoms with E-state index in [1.165, 1.54) is 6.07 Å². The molecule has 0 spiro atoms. The highest BCUT2D eigenvalue weighted by molar-refractivity contribution is 6.42. The summed E-state index contributed by atoms with van der Waals surface area (Å²) in [6, 6.07) is 7.97. The van der Waals surface area contributed by atoms with E-state index in [9.17, 15) is 20.0 Å². The maximum absolute atomic E-state index is 12.3. The Morgan fingerprint density at radius 3 is 2.65 bits per heavy atom. The minimum atomic E-state index is -0.712. The monoisotopic (exact) mass is 393 g/mol. The summed E-state index contributed by atoms with van der Waals surface area (Å²) in [7, 11) is 0. The van der Waals surface area contributed by atoms with Gasteiger partial charge in [-0.2, -0.15) is 0 Å². The van der Waals surface area contributed by atoms with Crippen LogP contribution in [0.3, 0.4) is 0 Å². The highest BCUT2D eigenvalue weighted by atomic mass is 35.5. The molecule has 8 nitrogen and oxygen atoms in total. The fourth-order valence-corrected chi connectivity index (χ4v) is 2.36. The minimum Gasteiger partial charge on any atom is -0.506 e. The quantitative estimate of drug-likeness (QED) is 0.382. The summed E-state index contributed by atoms with van der Waals surface area (Å²) >= 11 is 11.8. The van der Waals surface area contributed by atoms with Crippen LogP contribution in [0.4, 0.5) is 11.4 Å². The number of hydrogen-bond acceptors (Lipinski definition) is 6. The summed E-state index contributed by atoms with van der Waals surface area (Å²) in [4.78, 5) is 26.4. The van der Waals surface area contributed by atoms with Crippen molar-refractivity contribution in [1.82, 2.24) is 4.98 Å². The van der Waals surface area contributed by atoms with Crippen LogP contribution in [0.15, 0.2) is 47.1 Å². The largest absolute Gasteiger partial charge is 0.506 e. The van der Waals surface area contributed by atoms with Gasteiger partial charge in [-0.1, -0.05) is 23.2 Å². The van der Waals surface area contributed by atoms with E-state index < -0.39 is 10.8 Å². The molecule has 132 valence electrons. The van der Waals surface area contributed by atoms with Crippen molar-refractivity contribution in [3.05, 3.63) is 68.5 Å². The molecule has 26 heavy (non-hydrogen) atoms. The Kier molecular flexibility index (Phi) is 4.79. The van der Waals surface area contributed by atoms with Gasteiger partial charge in [0.25, 0.3) is 11.6 Å². The summed E-state index contributed by atoms with van der Waals surface area (Å²) < 4.78 is 5.25. The zero-order valence-electron chi connectivity index (χ0n) is 12.8. The Labute approximate surface area is 156 Å². The van der Waals surface area contributed by atoms with Crippen LogP contribution in [-0.2, 0) is 0 Å². The maximum Gasteiger partial charge on any atom is 0.277 e. The molecule has 10 heteroatoms. The number of carbonyl (C=O) groups is 1. The first-order chi connectivity index (χ1) is 12.3. The van der Waals surface area contributed by atoms with Gasteiger partial charge in [0.05, 0.1) is 20.7 Å². The van der Waals surface area contributed by atoms with Crippen molar-refractivity contribution in [3.8, 4) is 17.2 Å². The number of rotatable bonds is 4. The standard InChI is InChI=1S/C16H9Cl2N3O5/c17-10-3-1-8(5-11(10)18)16-20-13(7-26-16)15(23)19-12-6-9(21(24)25)2-4-14(12)22/h1-7,22H,(H,19,23). The molecular formula is C16H9Cl2N3O5. The Balaban J connectivity index is 1.83. The van der Waals surface area contributed by atoms with Crippen LogP contribution in [0.5, 0.6) is 5.75 Å². The molecule has 0 fully saturated rings. The molecule has 0 bridgehead atoms. The summed E-state index contributed by atoms with van der Waals surface area (Å²) in [5.74, 6) is -0.898. The lowest BCUT2D eigenvalue weighted by atomic mass is 10.2. The van der Waals surface area contributed by atoms with Crippen LogP contribution in [0.25, 0.3) is 11.5 Å². The van der Waals surface area contributed by atoms with Gasteiger partial charge < -0.3 is 14.8 Å². The van der Waals surface area contributed by atoms with Gasteiger partial charge in [-0.05, 0) is 24.3 Å². The molecule has 1 heterocycles. The summed E-state index contributed by atoms with van der Waals surface area (Å²) in [5, 5.41) is 23.5. The molecule has 2 aromatic carbocycles. The van der Waals surface area contributed by atoms with E-state index in [1.807, 2.05) is 0 Å². The average molecular weight is 394 g/mol. The van der Waals surface area contributed by atoms with Gasteiger partial charge in [-0.3, -0.25) is 14.9 Å². The number of phenols is 1. The normalized spacial score (nSPS) is 10.5. The lowest BCUT2D eigenvalue weighted by Crippen LogP contribution is -2.12. The molecule has 1 aromatic heterocycles. The van der Waals surface area contributed by atoms with Crippen molar-refractivity contribution in [3.63, 3.8) is 0 Å². The second-order valence-electron chi connectivity index (χ2n) is 5.08. The molecule has 0 saturated carbocycles. The van der Waals surface area contributed by atoms with Crippen LogP contribution in [-0.4, -0.2) is 20.9 Å². The van der Waals surface area contributed by atoms with E-state index in [0.717, 1.165) is 24.5 Å². The van der Waals surface area contributed by atoms with Gasteiger partial charge in [0.2, 0.25) is 5.89 Å². The maximum atomic E-state index is 12.3. The Bertz CT molecular complexity index is 1020. The van der Waals surface area contributed by atoms with Crippen molar-refractivity contribution in [2.24, 2.45) is 0 Å². The number of benzene rings is 2. The second kappa shape index (κ2) is 7.03. The molecule has 2 N–H and O–H groups in total. The average Bonchev–Trinajstić information content (AvgIpc) is 3.09. The molecule has 0 aliphatic heterocycles. The molecular weight excluding hydrogens is 385 g/mol. The third-order valence-electron chi connectivity index (χ3n) is 3.34. The number of non-ortho nitro benzene ring substituents is 1. The third-order valence-corrected chi connectivity index (χ3v) is 4.08. The Morgan fingerprint density at radius 1 is 1.19 bits per heavy atom. The predicted molar refractivity (Wildman–Crippen MR) is 94.7 cm³/mol. The van der Waals surface area contributed by atoms with E-state index >= 15 is 0 Å². The molecule has 3 rings (SSSR count). The first-order valence-electron chi connectivity index (χ1n) is 7.05. The van der Waals surface area contributed by atoms with Crippen LogP contribution in [0.1, 0.15) is 10.5 Å². The molecule has 0 aliphatic carbocycles. The number of nitrogens with zero attached hydrogens (tertiary/aromatic N) is 2. The lowest BCUT2D eigenvalue weighted by molar-refractivity contribution is -0.384. The molecule has 0 radical (unpaired) electrons. The van der Waals surface area contributed by atoms with E-state index in [2.05, 4.69) is 10.3 Å². The van der Waals surface area contributed by atoms with Crippen molar-refractivity contribution in [2.45, 2.75) is 0 Å². The fourth-order valence-electron chi connectivity index (χ4n) is 2.06. The first-order valence-corrected chi connectivity index (χ1v) is 7.80. The van der Waals surface area contributed by atoms with Gasteiger partial charge in [-0.25, -0.2) is 4.98 Å². The van der Waals surface area contributed by atoms with Crippen LogP contribution in [0.2, 0.25) is 10.0 Å². The predicted octanol–water partition coefficient (Wildman–Crippen LogP) is 4.51. The number of halogens is 2. The number of phenolic OH excluding ortho intramolecular Hbond substituents is 1. The number of nitro groups is 1. The molecule has 0 aliphatic rings. The summed E-state index contributed by atoms with van der Waals surface area (Å²) in [5.41, 5.74) is 0.0201. The summed E-state index contributed by atoms with van der Waals surface area (Å²) in [6.07, 6.45) is 1.11. The highest BCUT2D eigenvalue weighted by Crippen LogP contribution is 2.30. The van der Waals surface area contributed by atoms with Gasteiger partial charge in [0.1, 0.15) is 12.0 Å². The zero-order valence-corrected chi connectivity index (χ0v) is 14.3. The van der Waals surface area contributed by atoms with Gasteiger partial charge in [0, 0.05) is 17.7 Å². The number of nitrogens with one attached hydrogen (secondary N) is 1. The molecule has 0 atom stereocenters. The smallest absolute Gasteiger partial charge is 0.277 e. The molecule has 0 unspecified atom stereocenters. The molecule has 0 saturated heterocycles. The van der Waals surface area contributed by atoms with Crippen LogP contribution >= 0.6 is 23.2 Å². The number of aromatic hydroxyl groups is 1. The van der Waals surface area contributed by atoms with E-state index in [-0.39, 0.29) is 28.7 Å². The number of nitro benzene ring substituents is 1. The van der Waals surface area contributed by atoms with Crippen molar-refractivity contribution in [2.75, 3.05) is 5.32 Å². The molecule has 1 amide bonds. The Morgan fingerprint density at radius 2 is 1.96 bits per heavy atom. The zero-order chi connectivity index (χ0) is 18.8. The second-order valence-corrected chi connectivity index (χ2v) is 5.89. The van der Waals surface area contributed by atoms with Gasteiger partial charge in [-0.15, -0.1) is 0 Å². The topological polar surface area (TPSA) is 118 Å². The van der Waals surface area contributed by atoms with Crippen LogP contribution < -0.4 is 5.32 Å². The van der Waals surface area contributed by atoms with E-state index in [0.29, 0.717) is 15.6 Å². The van der Waals surface area contributed by atoms with E-state index in [4.69, 9.17) is 27.6 Å². The Hall–Kier alpha value is -3.10. The number of amides is 1. The number of aromatic nitrogens is 1. The highest BCUT2D eigenvalue weighted by Gasteiger charge is 2.17. The van der Waals surface area contributed by atoms with Crippen molar-refractivity contribution >= 4 is 40.5 Å². The lowest BCUT2D eigenvalue weighted by Gasteiger charge is -2.05. The van der Waals surface area contributed by atoms with Gasteiger partial charge in [0.15, 0.2) is 5.69 Å². The summed E-state index contributed by atoms with van der Waals surface area (Å²) in [6.45, 7) is 0. The fraction of sp³-hybridized carbons (Fsp3) is 0. The number of carbonyl (C=O) groups excluding carboxylic acids is 1. The van der Waals surface area contributed by atoms with Crippen molar-refractivity contribution < 1.29 is 19.2 Å². The van der Waals surface area contributed by atoms with Gasteiger partial charge >= 0.3 is 0 Å². The SMILES string of the molecule is O=C(Nc1cc([N+](=O)[O-])ccc1O)c1coc(-c2ccc(Cl)c(Cl)c2)n1. The van der Waals surface area contributed by atoms with Crippen molar-refractivity contribution in [1.29, 1.82) is 0 Å². The third kappa shape index (κ3) is 3.61. The first kappa shape index (κ1) is 17.7. The minimum absolute atomic E-state index is 0.0861. The van der Waals surface area contributed by atoms with E-state index in [1.54, 1.807) is 12.1 Å². The number of oxazole rings is 1. The molecule has 3 aromatic rings. The number of hydrogen-bond donors (Lipinski definition) is 2.